The van der Waals surface area contributed by atoms with Crippen molar-refractivity contribution in [2.45, 2.75) is 38.5 Å². The highest BCUT2D eigenvalue weighted by atomic mass is 79.9. The highest BCUT2D eigenvalue weighted by Crippen LogP contribution is 2.52. The molecule has 0 spiro atoms. The molecule has 2 heterocycles. The van der Waals surface area contributed by atoms with Gasteiger partial charge in [-0.15, -0.1) is 0 Å². The van der Waals surface area contributed by atoms with Gasteiger partial charge in [-0.3, -0.25) is 0 Å². The van der Waals surface area contributed by atoms with Gasteiger partial charge in [0.15, 0.2) is 0 Å². The van der Waals surface area contributed by atoms with Gasteiger partial charge < -0.3 is 19.4 Å². The molecule has 0 unspecified atom stereocenters. The Morgan fingerprint density at radius 3 is 1.07 bits per heavy atom. The van der Waals surface area contributed by atoms with E-state index in [1.165, 1.54) is 164 Å². The van der Waals surface area contributed by atoms with Gasteiger partial charge in [0.2, 0.25) is 0 Å². The van der Waals surface area contributed by atoms with Crippen LogP contribution >= 0.6 is 15.9 Å². The molecule has 20 aromatic rings. The van der Waals surface area contributed by atoms with Crippen molar-refractivity contribution >= 4 is 153 Å². The molecule has 0 radical (unpaired) electrons. The van der Waals surface area contributed by atoms with Crippen LogP contribution in [-0.4, -0.2) is 9.13 Å². The number of benzene rings is 18. The molecule has 4 nitrogen and oxygen atoms in total. The lowest BCUT2D eigenvalue weighted by atomic mass is 9.82. The molecule has 0 amide bonds. The molecule has 0 saturated carbocycles. The van der Waals surface area contributed by atoms with E-state index in [9.17, 15) is 0 Å². The fraction of sp³-hybridized carbons (Fsp3) is 0.0588. The van der Waals surface area contributed by atoms with E-state index >= 15 is 0 Å². The number of fused-ring (bicyclic) bond motifs is 24. The topological polar surface area (TPSA) is 25.1 Å². The summed E-state index contributed by atoms with van der Waals surface area (Å²) in [4.78, 5) is 2.41. The lowest BCUT2D eigenvalue weighted by Gasteiger charge is -2.26. The zero-order valence-electron chi connectivity index (χ0n) is 59.9. The number of rotatable bonds is 7. The summed E-state index contributed by atoms with van der Waals surface area (Å²) in [5, 5.41) is 24.1. The van der Waals surface area contributed by atoms with Crippen LogP contribution < -0.4 is 10.2 Å². The van der Waals surface area contributed by atoms with E-state index in [1.807, 2.05) is 18.2 Å². The highest BCUT2D eigenvalue weighted by molar-refractivity contribution is 9.10. The monoisotopic (exact) mass is 1430 g/mol. The van der Waals surface area contributed by atoms with Crippen LogP contribution in [0.5, 0.6) is 0 Å². The quantitative estimate of drug-likeness (QED) is 0.161. The van der Waals surface area contributed by atoms with Crippen LogP contribution in [0.15, 0.2) is 368 Å². The van der Waals surface area contributed by atoms with Gasteiger partial charge in [-0.05, 0) is 218 Å². The molecular formula is C102H73BrN4. The van der Waals surface area contributed by atoms with E-state index in [0.29, 0.717) is 0 Å². The fourth-order valence-electron chi connectivity index (χ4n) is 18.0. The number of anilines is 5. The summed E-state index contributed by atoms with van der Waals surface area (Å²) in [7, 11) is 0. The normalized spacial score (nSPS) is 13.1. The third kappa shape index (κ3) is 10.4. The molecule has 0 aliphatic heterocycles. The average Bonchev–Trinajstić information content (AvgIpc) is 1.69. The van der Waals surface area contributed by atoms with E-state index in [-0.39, 0.29) is 10.8 Å². The first kappa shape index (κ1) is 63.9. The minimum atomic E-state index is -0.0356. The fourth-order valence-corrected chi connectivity index (χ4v) is 18.4. The van der Waals surface area contributed by atoms with E-state index in [0.717, 1.165) is 32.9 Å². The Balaban J connectivity index is 0.000000117. The molecule has 2 aliphatic rings. The second-order valence-corrected chi connectivity index (χ2v) is 30.6. The number of hydrogen-bond acceptors (Lipinski definition) is 2. The molecule has 0 fully saturated rings. The van der Waals surface area contributed by atoms with Crippen molar-refractivity contribution in [2.24, 2.45) is 0 Å². The zero-order chi connectivity index (χ0) is 71.7. The van der Waals surface area contributed by atoms with Gasteiger partial charge in [-0.2, -0.15) is 0 Å². The van der Waals surface area contributed by atoms with Gasteiger partial charge in [0.1, 0.15) is 0 Å². The van der Waals surface area contributed by atoms with Crippen LogP contribution in [-0.2, 0) is 10.8 Å². The van der Waals surface area contributed by atoms with Gasteiger partial charge in [-0.25, -0.2) is 0 Å². The van der Waals surface area contributed by atoms with E-state index < -0.39 is 0 Å². The van der Waals surface area contributed by atoms with Gasteiger partial charge in [0, 0.05) is 76.7 Å². The zero-order valence-corrected chi connectivity index (χ0v) is 61.4. The second kappa shape index (κ2) is 25.2. The standard InChI is InChI=1S/C51H36N2.C27H20BrN.C24H17N/c1-51(2)47-22-12-10-20-42(47)46-31-35(26-29-48(46)51)53-49-23-13-11-21-43(49)44-28-25-36(32-50(44)53)52(33-14-4-3-5-15-33)34-24-27-41-39-18-7-6-16-37(39)38-17-8-9-19-40(38)45(41)30-34;1-27(2)23-9-5-3-7-19(23)22-16-18(12-14-24(22)27)29-25-10-6-4-8-20(25)21-13-11-17(28)15-26(21)29;1-2-8-17(9-3-1)25-18-14-15-23-21-12-5-4-10-19(21)20-11-6-7-13-22(20)24(23)16-18/h3-32H,1-2H3;3-16H,1-2H3;1-16,25H. The lowest BCUT2D eigenvalue weighted by Crippen LogP contribution is -2.14. The molecule has 0 atom stereocenters. The molecule has 2 aromatic heterocycles. The molecule has 1 N–H and O–H groups in total. The third-order valence-corrected chi connectivity index (χ3v) is 23.5. The van der Waals surface area contributed by atoms with E-state index in [2.05, 4.69) is 409 Å². The number of nitrogens with zero attached hydrogens (tertiary/aromatic N) is 3. The second-order valence-electron chi connectivity index (χ2n) is 29.7. The van der Waals surface area contributed by atoms with Crippen LogP contribution in [0.2, 0.25) is 0 Å². The highest BCUT2D eigenvalue weighted by Gasteiger charge is 2.37. The van der Waals surface area contributed by atoms with Gasteiger partial charge in [0.05, 0.1) is 22.1 Å². The smallest absolute Gasteiger partial charge is 0.0561 e. The third-order valence-electron chi connectivity index (χ3n) is 23.0. The predicted molar refractivity (Wildman–Crippen MR) is 460 cm³/mol. The summed E-state index contributed by atoms with van der Waals surface area (Å²) in [6.45, 7) is 9.35. The molecule has 2 aliphatic carbocycles. The summed E-state index contributed by atoms with van der Waals surface area (Å²) >= 11 is 3.67. The Bertz CT molecular complexity index is 6930. The number of aromatic nitrogens is 2. The van der Waals surface area contributed by atoms with Crippen molar-refractivity contribution in [2.75, 3.05) is 10.2 Å². The van der Waals surface area contributed by atoms with Gasteiger partial charge in [0.25, 0.3) is 0 Å². The summed E-state index contributed by atoms with van der Waals surface area (Å²) in [6, 6.07) is 133. The Morgan fingerprint density at radius 2 is 0.579 bits per heavy atom. The molecule has 0 bridgehead atoms. The van der Waals surface area contributed by atoms with E-state index in [1.54, 1.807) is 0 Å². The summed E-state index contributed by atoms with van der Waals surface area (Å²) < 4.78 is 5.96. The molecule has 508 valence electrons. The first-order valence-electron chi connectivity index (χ1n) is 37.1. The predicted octanol–water partition coefficient (Wildman–Crippen LogP) is 28.8. The van der Waals surface area contributed by atoms with Gasteiger partial charge in [-0.1, -0.05) is 298 Å². The summed E-state index contributed by atoms with van der Waals surface area (Å²) in [5.41, 5.74) is 23.8. The van der Waals surface area contributed by atoms with Gasteiger partial charge >= 0.3 is 0 Å². The largest absolute Gasteiger partial charge is 0.356 e. The molecule has 0 saturated heterocycles. The van der Waals surface area contributed by atoms with Crippen molar-refractivity contribution in [3.05, 3.63) is 391 Å². The maximum atomic E-state index is 3.67. The maximum Gasteiger partial charge on any atom is 0.0561 e. The summed E-state index contributed by atoms with van der Waals surface area (Å²) in [6.07, 6.45) is 0. The van der Waals surface area contributed by atoms with Crippen LogP contribution in [0.25, 0.3) is 142 Å². The minimum Gasteiger partial charge on any atom is -0.356 e. The Labute approximate surface area is 630 Å². The van der Waals surface area contributed by atoms with Crippen molar-refractivity contribution < 1.29 is 0 Å². The molecule has 22 rings (SSSR count). The molecule has 18 aromatic carbocycles. The Hall–Kier alpha value is -12.8. The van der Waals surface area contributed by atoms with Crippen molar-refractivity contribution in [3.63, 3.8) is 0 Å². The van der Waals surface area contributed by atoms with Crippen LogP contribution in [0.3, 0.4) is 0 Å². The minimum absolute atomic E-state index is 0.0356. The first-order chi connectivity index (χ1) is 52.5. The lowest BCUT2D eigenvalue weighted by molar-refractivity contribution is 0.660. The SMILES string of the molecule is CC1(C)c2ccccc2-c2cc(-n3c4ccccc4c4ccc(Br)cc43)ccc21.CC1(C)c2ccccc2-c2cc(-n3c4ccccc4c4ccc(N(c5ccccc5)c5ccc6c7ccccc7c7ccccc7c6c5)cc43)ccc21.c1ccc(Nc2ccc3c4ccccc4c4ccccc4c3c2)cc1. The van der Waals surface area contributed by atoms with Crippen molar-refractivity contribution in [1.82, 2.24) is 9.13 Å². The van der Waals surface area contributed by atoms with Crippen molar-refractivity contribution in [3.8, 4) is 33.6 Å². The number of para-hydroxylation sites is 4. The molecule has 5 heteroatoms. The van der Waals surface area contributed by atoms with Crippen molar-refractivity contribution in [1.29, 1.82) is 0 Å². The number of halogens is 1. The molecular weight excluding hydrogens is 1360 g/mol. The van der Waals surface area contributed by atoms with Crippen LogP contribution in [0.4, 0.5) is 28.4 Å². The maximum absolute atomic E-state index is 3.67. The van der Waals surface area contributed by atoms with Crippen LogP contribution in [0, 0.1) is 0 Å². The van der Waals surface area contributed by atoms with Crippen LogP contribution in [0.1, 0.15) is 49.9 Å². The summed E-state index contributed by atoms with van der Waals surface area (Å²) in [5.74, 6) is 0. The average molecular weight is 1430 g/mol. The Kier molecular flexibility index (Phi) is 15.1. The number of nitrogens with one attached hydrogen (secondary N) is 1. The van der Waals surface area contributed by atoms with E-state index in [4.69, 9.17) is 0 Å². The Morgan fingerprint density at radius 1 is 0.234 bits per heavy atom. The molecule has 107 heavy (non-hydrogen) atoms. The first-order valence-corrected chi connectivity index (χ1v) is 37.9. The number of hydrogen-bond donors (Lipinski definition) is 1.